The topological polar surface area (TPSA) is 35.6 Å². The molecule has 1 heterocycles. The maximum atomic E-state index is 13.8. The molecule has 1 aromatic rings. The molecule has 0 bridgehead atoms. The van der Waals surface area contributed by atoms with Gasteiger partial charge in [-0.25, -0.2) is 4.39 Å². The molecule has 1 amide bonds. The second-order valence-corrected chi connectivity index (χ2v) is 6.23. The number of benzene rings is 1. The highest BCUT2D eigenvalue weighted by Gasteiger charge is 2.18. The predicted molar refractivity (Wildman–Crippen MR) is 87.5 cm³/mol. The number of piperazine rings is 1. The Labute approximate surface area is 132 Å². The van der Waals surface area contributed by atoms with Crippen LogP contribution in [0.25, 0.3) is 0 Å². The fraction of sp³-hybridized carbons (Fsp3) is 0.588. The quantitative estimate of drug-likeness (QED) is 0.874. The molecule has 1 aliphatic rings. The van der Waals surface area contributed by atoms with Crippen LogP contribution in [0.2, 0.25) is 0 Å². The van der Waals surface area contributed by atoms with E-state index in [1.54, 1.807) is 6.07 Å². The highest BCUT2D eigenvalue weighted by atomic mass is 19.1. The number of nitrogens with zero attached hydrogens (tertiary/aromatic N) is 2. The van der Waals surface area contributed by atoms with Crippen molar-refractivity contribution >= 4 is 11.6 Å². The van der Waals surface area contributed by atoms with E-state index in [2.05, 4.69) is 15.1 Å². The van der Waals surface area contributed by atoms with Gasteiger partial charge in [0.15, 0.2) is 0 Å². The van der Waals surface area contributed by atoms with E-state index in [0.29, 0.717) is 24.6 Å². The van der Waals surface area contributed by atoms with Crippen molar-refractivity contribution in [3.05, 3.63) is 30.1 Å². The third-order valence-electron chi connectivity index (χ3n) is 3.91. The van der Waals surface area contributed by atoms with Gasteiger partial charge in [0, 0.05) is 45.7 Å². The van der Waals surface area contributed by atoms with Crippen molar-refractivity contribution < 1.29 is 9.18 Å². The van der Waals surface area contributed by atoms with E-state index in [0.717, 1.165) is 32.7 Å². The number of amides is 1. The standard InChI is InChI=1S/C17H26FN3O/c1-14(2)13-17(22)19-7-8-20-9-11-21(12-10-20)16-6-4-3-5-15(16)18/h3-6,14H,7-13H2,1-2H3,(H,19,22). The van der Waals surface area contributed by atoms with E-state index in [9.17, 15) is 9.18 Å². The highest BCUT2D eigenvalue weighted by molar-refractivity contribution is 5.76. The molecule has 4 nitrogen and oxygen atoms in total. The van der Waals surface area contributed by atoms with Gasteiger partial charge in [-0.15, -0.1) is 0 Å². The molecular formula is C17H26FN3O. The van der Waals surface area contributed by atoms with Crippen molar-refractivity contribution in [1.29, 1.82) is 0 Å². The lowest BCUT2D eigenvalue weighted by Gasteiger charge is -2.36. The molecule has 0 atom stereocenters. The van der Waals surface area contributed by atoms with Crippen LogP contribution in [-0.2, 0) is 4.79 Å². The second kappa shape index (κ2) is 8.13. The summed E-state index contributed by atoms with van der Waals surface area (Å²) in [6.45, 7) is 9.06. The van der Waals surface area contributed by atoms with Gasteiger partial charge in [-0.2, -0.15) is 0 Å². The molecule has 1 aliphatic heterocycles. The molecule has 0 spiro atoms. The molecule has 0 aliphatic carbocycles. The highest BCUT2D eigenvalue weighted by Crippen LogP contribution is 2.19. The number of carbonyl (C=O) groups excluding carboxylic acids is 1. The fourth-order valence-electron chi connectivity index (χ4n) is 2.72. The lowest BCUT2D eigenvalue weighted by atomic mass is 10.1. The number of anilines is 1. The molecule has 0 aromatic heterocycles. The summed E-state index contributed by atoms with van der Waals surface area (Å²) in [7, 11) is 0. The summed E-state index contributed by atoms with van der Waals surface area (Å²) in [5.41, 5.74) is 0.687. The molecule has 0 saturated carbocycles. The number of carbonyl (C=O) groups is 1. The summed E-state index contributed by atoms with van der Waals surface area (Å²) in [6.07, 6.45) is 0.584. The summed E-state index contributed by atoms with van der Waals surface area (Å²) < 4.78 is 13.8. The van der Waals surface area contributed by atoms with Crippen LogP contribution >= 0.6 is 0 Å². The van der Waals surface area contributed by atoms with Gasteiger partial charge in [0.2, 0.25) is 5.91 Å². The number of rotatable bonds is 6. The summed E-state index contributed by atoms with van der Waals surface area (Å²) in [6, 6.07) is 6.92. The Kier molecular flexibility index (Phi) is 6.19. The van der Waals surface area contributed by atoms with Gasteiger partial charge in [-0.1, -0.05) is 26.0 Å². The third kappa shape index (κ3) is 4.98. The minimum Gasteiger partial charge on any atom is -0.367 e. The molecule has 22 heavy (non-hydrogen) atoms. The average molecular weight is 307 g/mol. The van der Waals surface area contributed by atoms with Gasteiger partial charge in [-0.05, 0) is 18.1 Å². The van der Waals surface area contributed by atoms with Crippen LogP contribution in [0.5, 0.6) is 0 Å². The first-order valence-electron chi connectivity index (χ1n) is 8.05. The summed E-state index contributed by atoms with van der Waals surface area (Å²) in [5, 5.41) is 2.96. The monoisotopic (exact) mass is 307 g/mol. The zero-order valence-corrected chi connectivity index (χ0v) is 13.5. The van der Waals surface area contributed by atoms with Gasteiger partial charge in [0.05, 0.1) is 5.69 Å². The van der Waals surface area contributed by atoms with Crippen LogP contribution in [0, 0.1) is 11.7 Å². The van der Waals surface area contributed by atoms with Gasteiger partial charge < -0.3 is 10.2 Å². The Morgan fingerprint density at radius 3 is 2.55 bits per heavy atom. The van der Waals surface area contributed by atoms with Crippen LogP contribution in [-0.4, -0.2) is 50.1 Å². The molecule has 1 fully saturated rings. The van der Waals surface area contributed by atoms with Crippen LogP contribution in [0.4, 0.5) is 10.1 Å². The summed E-state index contributed by atoms with van der Waals surface area (Å²) >= 11 is 0. The number of hydrogen-bond acceptors (Lipinski definition) is 3. The second-order valence-electron chi connectivity index (χ2n) is 6.23. The Morgan fingerprint density at radius 1 is 1.23 bits per heavy atom. The minimum atomic E-state index is -0.156. The Hall–Kier alpha value is -1.62. The maximum Gasteiger partial charge on any atom is 0.220 e. The van der Waals surface area contributed by atoms with Crippen molar-refractivity contribution in [2.24, 2.45) is 5.92 Å². The summed E-state index contributed by atoms with van der Waals surface area (Å²) in [5.74, 6) is 0.362. The van der Waals surface area contributed by atoms with E-state index < -0.39 is 0 Å². The van der Waals surface area contributed by atoms with E-state index in [1.807, 2.05) is 26.0 Å². The number of para-hydroxylation sites is 1. The lowest BCUT2D eigenvalue weighted by Crippen LogP contribution is -2.48. The van der Waals surface area contributed by atoms with Crippen LogP contribution in [0.15, 0.2) is 24.3 Å². The molecule has 0 radical (unpaired) electrons. The minimum absolute atomic E-state index is 0.125. The van der Waals surface area contributed by atoms with Crippen molar-refractivity contribution in [2.75, 3.05) is 44.2 Å². The first-order chi connectivity index (χ1) is 10.6. The van der Waals surface area contributed by atoms with E-state index in [-0.39, 0.29) is 11.7 Å². The molecule has 122 valence electrons. The van der Waals surface area contributed by atoms with Crippen molar-refractivity contribution in [3.63, 3.8) is 0 Å². The molecule has 1 N–H and O–H groups in total. The first kappa shape index (κ1) is 16.7. The number of nitrogens with one attached hydrogen (secondary N) is 1. The number of halogens is 1. The largest absolute Gasteiger partial charge is 0.367 e. The zero-order valence-electron chi connectivity index (χ0n) is 13.5. The third-order valence-corrected chi connectivity index (χ3v) is 3.91. The molecule has 1 saturated heterocycles. The summed E-state index contributed by atoms with van der Waals surface area (Å²) in [4.78, 5) is 16.0. The van der Waals surface area contributed by atoms with Crippen molar-refractivity contribution in [1.82, 2.24) is 10.2 Å². The molecule has 2 rings (SSSR count). The normalized spacial score (nSPS) is 16.1. The van der Waals surface area contributed by atoms with Crippen LogP contribution < -0.4 is 10.2 Å². The Bertz CT molecular complexity index is 485. The van der Waals surface area contributed by atoms with Crippen LogP contribution in [0.3, 0.4) is 0 Å². The maximum absolute atomic E-state index is 13.8. The number of hydrogen-bond donors (Lipinski definition) is 1. The Balaban J connectivity index is 1.69. The fourth-order valence-corrected chi connectivity index (χ4v) is 2.72. The van der Waals surface area contributed by atoms with E-state index in [1.165, 1.54) is 6.07 Å². The lowest BCUT2D eigenvalue weighted by molar-refractivity contribution is -0.121. The van der Waals surface area contributed by atoms with E-state index >= 15 is 0 Å². The molecular weight excluding hydrogens is 281 g/mol. The average Bonchev–Trinajstić information content (AvgIpc) is 2.48. The Morgan fingerprint density at radius 2 is 1.91 bits per heavy atom. The molecule has 1 aromatic carbocycles. The van der Waals surface area contributed by atoms with Gasteiger partial charge in [0.25, 0.3) is 0 Å². The zero-order chi connectivity index (χ0) is 15.9. The molecule has 5 heteroatoms. The van der Waals surface area contributed by atoms with Gasteiger partial charge in [-0.3, -0.25) is 9.69 Å². The van der Waals surface area contributed by atoms with Gasteiger partial charge >= 0.3 is 0 Å². The predicted octanol–water partition coefficient (Wildman–Crippen LogP) is 2.11. The SMILES string of the molecule is CC(C)CC(=O)NCCN1CCN(c2ccccc2F)CC1. The van der Waals surface area contributed by atoms with Crippen molar-refractivity contribution in [2.45, 2.75) is 20.3 Å². The smallest absolute Gasteiger partial charge is 0.220 e. The van der Waals surface area contributed by atoms with E-state index in [4.69, 9.17) is 0 Å². The molecule has 0 unspecified atom stereocenters. The van der Waals surface area contributed by atoms with Crippen LogP contribution in [0.1, 0.15) is 20.3 Å². The first-order valence-corrected chi connectivity index (χ1v) is 8.05. The van der Waals surface area contributed by atoms with Crippen molar-refractivity contribution in [3.8, 4) is 0 Å². The van der Waals surface area contributed by atoms with Gasteiger partial charge in [0.1, 0.15) is 5.82 Å².